The molecule has 0 aliphatic heterocycles. The van der Waals surface area contributed by atoms with Crippen LogP contribution in [0.3, 0.4) is 0 Å². The van der Waals surface area contributed by atoms with Crippen molar-refractivity contribution in [1.82, 2.24) is 0 Å². The lowest BCUT2D eigenvalue weighted by Gasteiger charge is -2.06. The van der Waals surface area contributed by atoms with Crippen LogP contribution in [0.4, 0.5) is 0 Å². The average Bonchev–Trinajstić information content (AvgIpc) is 2.32. The second kappa shape index (κ2) is 4.83. The molecule has 0 bridgehead atoms. The van der Waals surface area contributed by atoms with Gasteiger partial charge in [0.1, 0.15) is 5.84 Å². The second-order valence-electron chi connectivity index (χ2n) is 4.04. The topological polar surface area (TPSA) is 49.9 Å². The van der Waals surface area contributed by atoms with Crippen LogP contribution >= 0.6 is 0 Å². The van der Waals surface area contributed by atoms with Crippen LogP contribution in [0, 0.1) is 18.8 Å². The Kier molecular flexibility index (Phi) is 3.24. The van der Waals surface area contributed by atoms with E-state index in [1.807, 2.05) is 36.4 Å². The summed E-state index contributed by atoms with van der Waals surface area (Å²) >= 11 is 0. The van der Waals surface area contributed by atoms with E-state index in [0.717, 1.165) is 11.1 Å². The minimum absolute atomic E-state index is 0.102. The number of amidine groups is 1. The van der Waals surface area contributed by atoms with E-state index < -0.39 is 0 Å². The van der Waals surface area contributed by atoms with E-state index in [0.29, 0.717) is 0 Å². The maximum atomic E-state index is 7.42. The van der Waals surface area contributed by atoms with Crippen LogP contribution in [0.2, 0.25) is 0 Å². The van der Waals surface area contributed by atoms with Crippen LogP contribution in [0.25, 0.3) is 0 Å². The maximum absolute atomic E-state index is 7.42. The number of rotatable bonds is 3. The van der Waals surface area contributed by atoms with E-state index in [1.54, 1.807) is 0 Å². The predicted octanol–water partition coefficient (Wildman–Crippen LogP) is 2.88. The molecule has 85 valence electrons. The number of aryl methyl sites for hydroxylation is 1. The standard InChI is InChI=1S/C15H15N2/c1-11-5-2-3-7-13(11)9-12-6-4-8-14(10-12)15(16)17/h2-10H,1H3,(H3,16,17). The van der Waals surface area contributed by atoms with Crippen molar-refractivity contribution in [2.75, 3.05) is 0 Å². The molecule has 1 radical (unpaired) electrons. The normalized spacial score (nSPS) is 10.2. The van der Waals surface area contributed by atoms with Gasteiger partial charge in [-0.25, -0.2) is 0 Å². The molecule has 0 aromatic heterocycles. The van der Waals surface area contributed by atoms with E-state index in [9.17, 15) is 0 Å². The lowest BCUT2D eigenvalue weighted by molar-refractivity contribution is 1.33. The lowest BCUT2D eigenvalue weighted by Crippen LogP contribution is -2.11. The van der Waals surface area contributed by atoms with E-state index in [4.69, 9.17) is 11.1 Å². The number of nitrogens with two attached hydrogens (primary N) is 1. The molecule has 0 unspecified atom stereocenters. The highest BCUT2D eigenvalue weighted by Crippen LogP contribution is 2.16. The maximum Gasteiger partial charge on any atom is 0.122 e. The van der Waals surface area contributed by atoms with E-state index >= 15 is 0 Å². The second-order valence-corrected chi connectivity index (χ2v) is 4.04. The molecular weight excluding hydrogens is 208 g/mol. The first-order chi connectivity index (χ1) is 8.16. The molecule has 2 nitrogen and oxygen atoms in total. The van der Waals surface area contributed by atoms with Crippen LogP contribution in [-0.2, 0) is 0 Å². The van der Waals surface area contributed by atoms with Crippen LogP contribution in [0.5, 0.6) is 0 Å². The molecular formula is C15H15N2. The van der Waals surface area contributed by atoms with Gasteiger partial charge in [-0.15, -0.1) is 0 Å². The molecule has 17 heavy (non-hydrogen) atoms. The molecule has 0 atom stereocenters. The van der Waals surface area contributed by atoms with Crippen LogP contribution in [0.1, 0.15) is 22.3 Å². The van der Waals surface area contributed by atoms with Crippen molar-refractivity contribution >= 4 is 5.84 Å². The Morgan fingerprint density at radius 3 is 2.59 bits per heavy atom. The summed E-state index contributed by atoms with van der Waals surface area (Å²) in [7, 11) is 0. The van der Waals surface area contributed by atoms with Crippen molar-refractivity contribution < 1.29 is 0 Å². The minimum atomic E-state index is 0.102. The Hall–Kier alpha value is -2.09. The quantitative estimate of drug-likeness (QED) is 0.610. The third kappa shape index (κ3) is 2.72. The molecule has 0 aliphatic rings. The van der Waals surface area contributed by atoms with E-state index in [-0.39, 0.29) is 5.84 Å². The summed E-state index contributed by atoms with van der Waals surface area (Å²) in [6.07, 6.45) is 2.10. The summed E-state index contributed by atoms with van der Waals surface area (Å²) in [5.74, 6) is 0.102. The first kappa shape index (κ1) is 11.4. The smallest absolute Gasteiger partial charge is 0.122 e. The van der Waals surface area contributed by atoms with Gasteiger partial charge < -0.3 is 5.73 Å². The van der Waals surface area contributed by atoms with Crippen molar-refractivity contribution in [3.63, 3.8) is 0 Å². The molecule has 0 heterocycles. The molecule has 2 heteroatoms. The van der Waals surface area contributed by atoms with Crippen molar-refractivity contribution in [3.05, 3.63) is 77.2 Å². The van der Waals surface area contributed by atoms with E-state index in [1.165, 1.54) is 11.1 Å². The Balaban J connectivity index is 2.28. The molecule has 0 saturated carbocycles. The summed E-state index contributed by atoms with van der Waals surface area (Å²) in [6, 6.07) is 15.9. The first-order valence-corrected chi connectivity index (χ1v) is 5.51. The third-order valence-corrected chi connectivity index (χ3v) is 2.71. The highest BCUT2D eigenvalue weighted by Gasteiger charge is 2.02. The van der Waals surface area contributed by atoms with Gasteiger partial charge in [0.25, 0.3) is 0 Å². The Bertz CT molecular complexity index is 544. The summed E-state index contributed by atoms with van der Waals surface area (Å²) in [4.78, 5) is 0. The molecule has 0 fully saturated rings. The Labute approximate surface area is 102 Å². The van der Waals surface area contributed by atoms with E-state index in [2.05, 4.69) is 25.5 Å². The molecule has 0 amide bonds. The fourth-order valence-corrected chi connectivity index (χ4v) is 1.72. The highest BCUT2D eigenvalue weighted by atomic mass is 14.7. The predicted molar refractivity (Wildman–Crippen MR) is 71.1 cm³/mol. The summed E-state index contributed by atoms with van der Waals surface area (Å²) < 4.78 is 0. The zero-order chi connectivity index (χ0) is 12.3. The Morgan fingerprint density at radius 1 is 1.12 bits per heavy atom. The number of benzene rings is 2. The van der Waals surface area contributed by atoms with Gasteiger partial charge in [0.2, 0.25) is 0 Å². The van der Waals surface area contributed by atoms with Gasteiger partial charge in [-0.2, -0.15) is 0 Å². The van der Waals surface area contributed by atoms with Crippen LogP contribution in [-0.4, -0.2) is 5.84 Å². The fraction of sp³-hybridized carbons (Fsp3) is 0.0667. The molecule has 2 rings (SSSR count). The largest absolute Gasteiger partial charge is 0.384 e. The summed E-state index contributed by atoms with van der Waals surface area (Å²) in [5.41, 5.74) is 9.72. The molecule has 3 N–H and O–H groups in total. The van der Waals surface area contributed by atoms with Gasteiger partial charge in [-0.05, 0) is 29.7 Å². The minimum Gasteiger partial charge on any atom is -0.384 e. The van der Waals surface area contributed by atoms with Crippen molar-refractivity contribution in [3.8, 4) is 0 Å². The molecule has 2 aromatic rings. The summed E-state index contributed by atoms with van der Waals surface area (Å²) in [5, 5.41) is 7.42. The number of hydrogen-bond donors (Lipinski definition) is 2. The Morgan fingerprint density at radius 2 is 1.88 bits per heavy atom. The number of nitrogens with one attached hydrogen (secondary N) is 1. The van der Waals surface area contributed by atoms with Gasteiger partial charge >= 0.3 is 0 Å². The van der Waals surface area contributed by atoms with Crippen molar-refractivity contribution in [2.24, 2.45) is 5.73 Å². The molecule has 0 spiro atoms. The lowest BCUT2D eigenvalue weighted by atomic mass is 9.99. The fourth-order valence-electron chi connectivity index (χ4n) is 1.72. The monoisotopic (exact) mass is 223 g/mol. The van der Waals surface area contributed by atoms with Gasteiger partial charge in [0, 0.05) is 12.0 Å². The van der Waals surface area contributed by atoms with Gasteiger partial charge in [0.05, 0.1) is 0 Å². The van der Waals surface area contributed by atoms with Gasteiger partial charge in [-0.1, -0.05) is 42.5 Å². The number of hydrogen-bond acceptors (Lipinski definition) is 1. The SMILES string of the molecule is Cc1ccccc1[CH]c1cccc(C(=N)N)c1. The zero-order valence-electron chi connectivity index (χ0n) is 9.77. The average molecular weight is 223 g/mol. The van der Waals surface area contributed by atoms with Gasteiger partial charge in [0.15, 0.2) is 0 Å². The van der Waals surface area contributed by atoms with Crippen LogP contribution in [0.15, 0.2) is 48.5 Å². The number of nitrogen functional groups attached to an aromatic ring is 1. The van der Waals surface area contributed by atoms with Gasteiger partial charge in [-0.3, -0.25) is 5.41 Å². The first-order valence-electron chi connectivity index (χ1n) is 5.51. The summed E-state index contributed by atoms with van der Waals surface area (Å²) in [6.45, 7) is 2.08. The van der Waals surface area contributed by atoms with Crippen LogP contribution < -0.4 is 5.73 Å². The van der Waals surface area contributed by atoms with Crippen molar-refractivity contribution in [2.45, 2.75) is 6.92 Å². The molecule has 0 saturated heterocycles. The highest BCUT2D eigenvalue weighted by molar-refractivity contribution is 5.95. The third-order valence-electron chi connectivity index (χ3n) is 2.71. The zero-order valence-corrected chi connectivity index (χ0v) is 9.77. The molecule has 0 aliphatic carbocycles. The molecule has 2 aromatic carbocycles. The van der Waals surface area contributed by atoms with Crippen molar-refractivity contribution in [1.29, 1.82) is 5.41 Å².